The number of urea groups is 1. The highest BCUT2D eigenvalue weighted by atomic mass is 16.6. The van der Waals surface area contributed by atoms with Crippen LogP contribution in [0.1, 0.15) is 17.0 Å². The van der Waals surface area contributed by atoms with Crippen molar-refractivity contribution in [1.29, 1.82) is 0 Å². The molecule has 1 aliphatic rings. The fourth-order valence-electron chi connectivity index (χ4n) is 3.62. The Labute approximate surface area is 181 Å². The van der Waals surface area contributed by atoms with Gasteiger partial charge in [-0.2, -0.15) is 0 Å². The zero-order valence-electron chi connectivity index (χ0n) is 17.1. The van der Waals surface area contributed by atoms with Crippen LogP contribution in [0.25, 0.3) is 11.8 Å². The summed E-state index contributed by atoms with van der Waals surface area (Å²) < 4.78 is 1.79. The molecule has 32 heavy (non-hydrogen) atoms. The van der Waals surface area contributed by atoms with E-state index in [1.807, 2.05) is 6.92 Å². The van der Waals surface area contributed by atoms with E-state index in [9.17, 15) is 24.5 Å². The van der Waals surface area contributed by atoms with Crippen LogP contribution < -0.4 is 10.2 Å². The number of barbiturate groups is 1. The quantitative estimate of drug-likeness (QED) is 0.293. The monoisotopic (exact) mass is 431 g/mol. The molecule has 1 N–H and O–H groups in total. The van der Waals surface area contributed by atoms with Crippen LogP contribution in [-0.4, -0.2) is 32.3 Å². The smallest absolute Gasteiger partial charge is 0.318 e. The number of anilines is 1. The van der Waals surface area contributed by atoms with Crippen LogP contribution in [0.2, 0.25) is 0 Å². The van der Waals surface area contributed by atoms with Gasteiger partial charge in [-0.1, -0.05) is 6.07 Å². The Morgan fingerprint density at radius 2 is 1.75 bits per heavy atom. The number of rotatable bonds is 4. The van der Waals surface area contributed by atoms with Crippen molar-refractivity contribution in [3.05, 3.63) is 87.5 Å². The number of nitro benzene ring substituents is 1. The summed E-state index contributed by atoms with van der Waals surface area (Å²) >= 11 is 0. The van der Waals surface area contributed by atoms with Crippen LogP contribution in [0.5, 0.6) is 0 Å². The van der Waals surface area contributed by atoms with Gasteiger partial charge in [0.25, 0.3) is 17.5 Å². The first-order valence-corrected chi connectivity index (χ1v) is 9.53. The molecule has 0 atom stereocenters. The molecule has 2 aromatic heterocycles. The molecule has 10 nitrogen and oxygen atoms in total. The lowest BCUT2D eigenvalue weighted by Gasteiger charge is -2.26. The summed E-state index contributed by atoms with van der Waals surface area (Å²) in [7, 11) is 0. The van der Waals surface area contributed by atoms with Gasteiger partial charge in [0, 0.05) is 35.9 Å². The maximum Gasteiger partial charge on any atom is 0.335 e. The number of hydrogen-bond donors (Lipinski definition) is 1. The molecule has 3 aromatic rings. The second-order valence-electron chi connectivity index (χ2n) is 7.10. The Kier molecular flexibility index (Phi) is 5.11. The van der Waals surface area contributed by atoms with Gasteiger partial charge in [-0.15, -0.1) is 0 Å². The number of nitro groups is 1. The fraction of sp³-hybridized carbons (Fsp3) is 0.0909. The zero-order chi connectivity index (χ0) is 23.0. The largest absolute Gasteiger partial charge is 0.335 e. The molecule has 0 radical (unpaired) electrons. The minimum Gasteiger partial charge on any atom is -0.318 e. The highest BCUT2D eigenvalue weighted by Gasteiger charge is 2.37. The number of imide groups is 2. The number of benzene rings is 1. The zero-order valence-corrected chi connectivity index (χ0v) is 17.1. The molecule has 1 fully saturated rings. The number of nitrogens with one attached hydrogen (secondary N) is 1. The van der Waals surface area contributed by atoms with Gasteiger partial charge in [0.2, 0.25) is 0 Å². The first-order valence-electron chi connectivity index (χ1n) is 9.53. The number of nitrogens with zero attached hydrogens (tertiary/aromatic N) is 4. The molecule has 10 heteroatoms. The average Bonchev–Trinajstić information content (AvgIpc) is 3.04. The number of carbonyl (C=O) groups is 3. The maximum atomic E-state index is 13.0. The predicted molar refractivity (Wildman–Crippen MR) is 115 cm³/mol. The fourth-order valence-corrected chi connectivity index (χ4v) is 3.62. The lowest BCUT2D eigenvalue weighted by molar-refractivity contribution is -0.384. The summed E-state index contributed by atoms with van der Waals surface area (Å²) in [6.07, 6.45) is 4.28. The molecule has 4 rings (SSSR count). The van der Waals surface area contributed by atoms with Crippen molar-refractivity contribution >= 4 is 35.3 Å². The van der Waals surface area contributed by atoms with Gasteiger partial charge in [-0.25, -0.2) is 9.69 Å². The maximum absolute atomic E-state index is 13.0. The molecule has 0 bridgehead atoms. The Balaban J connectivity index is 1.77. The SMILES string of the molecule is Cc1cc(/C=C2\C(=O)NC(=O)N(c3ccncc3)C2=O)c(C)n1-c1cccc([N+](=O)[O-])c1. The topological polar surface area (TPSA) is 127 Å². The molecular weight excluding hydrogens is 414 g/mol. The van der Waals surface area contributed by atoms with E-state index in [2.05, 4.69) is 10.3 Å². The van der Waals surface area contributed by atoms with E-state index >= 15 is 0 Å². The third-order valence-corrected chi connectivity index (χ3v) is 5.09. The molecule has 0 spiro atoms. The van der Waals surface area contributed by atoms with Crippen molar-refractivity contribution in [2.45, 2.75) is 13.8 Å². The highest BCUT2D eigenvalue weighted by Crippen LogP contribution is 2.27. The number of aryl methyl sites for hydroxylation is 1. The third-order valence-electron chi connectivity index (χ3n) is 5.09. The Morgan fingerprint density at radius 1 is 1.03 bits per heavy atom. The highest BCUT2D eigenvalue weighted by molar-refractivity contribution is 6.39. The van der Waals surface area contributed by atoms with Crippen LogP contribution in [0, 0.1) is 24.0 Å². The minimum atomic E-state index is -0.842. The van der Waals surface area contributed by atoms with Crippen molar-refractivity contribution < 1.29 is 19.3 Å². The van der Waals surface area contributed by atoms with Crippen LogP contribution >= 0.6 is 0 Å². The number of non-ortho nitro benzene ring substituents is 1. The normalized spacial score (nSPS) is 15.2. The lowest BCUT2D eigenvalue weighted by Crippen LogP contribution is -2.54. The average molecular weight is 431 g/mol. The van der Waals surface area contributed by atoms with E-state index < -0.39 is 22.8 Å². The Hall–Kier alpha value is -4.60. The molecule has 3 heterocycles. The Morgan fingerprint density at radius 3 is 2.44 bits per heavy atom. The van der Waals surface area contributed by atoms with E-state index in [-0.39, 0.29) is 16.9 Å². The molecule has 1 aromatic carbocycles. The molecule has 0 unspecified atom stereocenters. The third kappa shape index (κ3) is 3.54. The number of amides is 4. The van der Waals surface area contributed by atoms with Gasteiger partial charge in [0.15, 0.2) is 0 Å². The van der Waals surface area contributed by atoms with Crippen molar-refractivity contribution in [1.82, 2.24) is 14.9 Å². The van der Waals surface area contributed by atoms with Crippen molar-refractivity contribution in [3.8, 4) is 5.69 Å². The molecule has 1 aliphatic heterocycles. The molecule has 0 aliphatic carbocycles. The standard InChI is InChI=1S/C22H17N5O5/c1-13-10-15(14(2)25(13)17-4-3-5-18(12-17)27(31)32)11-19-20(28)24-22(30)26(21(19)29)16-6-8-23-9-7-16/h3-12H,1-2H3,(H,24,28,30)/b19-11+. The van der Waals surface area contributed by atoms with Crippen LogP contribution in [0.4, 0.5) is 16.2 Å². The van der Waals surface area contributed by atoms with E-state index in [4.69, 9.17) is 0 Å². The summed E-state index contributed by atoms with van der Waals surface area (Å²) in [5.41, 5.74) is 2.58. The second-order valence-corrected chi connectivity index (χ2v) is 7.10. The van der Waals surface area contributed by atoms with Gasteiger partial charge in [-0.3, -0.25) is 30.0 Å². The van der Waals surface area contributed by atoms with Crippen LogP contribution in [0.3, 0.4) is 0 Å². The predicted octanol–water partition coefficient (Wildman–Crippen LogP) is 3.06. The van der Waals surface area contributed by atoms with E-state index in [1.165, 1.54) is 42.7 Å². The van der Waals surface area contributed by atoms with Gasteiger partial charge >= 0.3 is 6.03 Å². The van der Waals surface area contributed by atoms with Crippen molar-refractivity contribution in [3.63, 3.8) is 0 Å². The minimum absolute atomic E-state index is 0.0526. The van der Waals surface area contributed by atoms with E-state index in [1.54, 1.807) is 29.7 Å². The van der Waals surface area contributed by atoms with Crippen molar-refractivity contribution in [2.24, 2.45) is 0 Å². The van der Waals surface area contributed by atoms with Crippen LogP contribution in [0.15, 0.2) is 60.4 Å². The van der Waals surface area contributed by atoms with E-state index in [0.717, 1.165) is 10.6 Å². The molecular formula is C22H17N5O5. The van der Waals surface area contributed by atoms with Gasteiger partial charge in [-0.05, 0) is 49.8 Å². The molecule has 4 amide bonds. The summed E-state index contributed by atoms with van der Waals surface area (Å²) in [5, 5.41) is 13.3. The van der Waals surface area contributed by atoms with Gasteiger partial charge in [0.05, 0.1) is 16.3 Å². The number of aromatic nitrogens is 2. The van der Waals surface area contributed by atoms with Gasteiger partial charge < -0.3 is 4.57 Å². The summed E-state index contributed by atoms with van der Waals surface area (Å²) in [6, 6.07) is 10.0. The summed E-state index contributed by atoms with van der Waals surface area (Å²) in [6.45, 7) is 3.58. The molecule has 160 valence electrons. The second kappa shape index (κ2) is 7.91. The number of pyridine rings is 1. The van der Waals surface area contributed by atoms with E-state index in [0.29, 0.717) is 16.9 Å². The first kappa shape index (κ1) is 20.7. The van der Waals surface area contributed by atoms with Crippen molar-refractivity contribution in [2.75, 3.05) is 4.90 Å². The number of hydrogen-bond acceptors (Lipinski definition) is 6. The van der Waals surface area contributed by atoms with Crippen LogP contribution in [-0.2, 0) is 9.59 Å². The molecule has 1 saturated heterocycles. The van der Waals surface area contributed by atoms with Gasteiger partial charge in [0.1, 0.15) is 5.57 Å². The lowest BCUT2D eigenvalue weighted by atomic mass is 10.1. The number of carbonyl (C=O) groups excluding carboxylic acids is 3. The summed E-state index contributed by atoms with van der Waals surface area (Å²) in [4.78, 5) is 53.1. The first-order chi connectivity index (χ1) is 15.3. The Bertz CT molecular complexity index is 1310. The molecule has 0 saturated carbocycles. The summed E-state index contributed by atoms with van der Waals surface area (Å²) in [5.74, 6) is -1.56.